The molecular formula is C22H26Cl2N2O2S. The summed E-state index contributed by atoms with van der Waals surface area (Å²) in [5.41, 5.74) is 3.08. The Labute approximate surface area is 187 Å². The molecule has 0 aliphatic carbocycles. The SMILES string of the molecule is CCC(C(=O)NC)N(Cc1ccc(C)cc1)C(=O)CSCc1ccc(Cl)cc1Cl. The van der Waals surface area contributed by atoms with Crippen LogP contribution in [0.5, 0.6) is 0 Å². The lowest BCUT2D eigenvalue weighted by Gasteiger charge is -2.30. The van der Waals surface area contributed by atoms with Gasteiger partial charge in [0, 0.05) is 29.4 Å². The Balaban J connectivity index is 2.10. The van der Waals surface area contributed by atoms with E-state index in [0.717, 1.165) is 16.7 Å². The summed E-state index contributed by atoms with van der Waals surface area (Å²) in [7, 11) is 1.59. The molecule has 0 bridgehead atoms. The Morgan fingerprint density at radius 1 is 1.14 bits per heavy atom. The summed E-state index contributed by atoms with van der Waals surface area (Å²) in [5.74, 6) is 0.629. The Morgan fingerprint density at radius 2 is 1.83 bits per heavy atom. The minimum absolute atomic E-state index is 0.0730. The second-order valence-electron chi connectivity index (χ2n) is 6.77. The molecule has 156 valence electrons. The summed E-state index contributed by atoms with van der Waals surface area (Å²) in [5, 5.41) is 3.84. The molecule has 0 aliphatic rings. The molecule has 0 saturated carbocycles. The van der Waals surface area contributed by atoms with E-state index in [0.29, 0.717) is 28.8 Å². The molecule has 2 rings (SSSR count). The number of aryl methyl sites for hydroxylation is 1. The van der Waals surface area contributed by atoms with Crippen LogP contribution in [0.2, 0.25) is 10.0 Å². The third-order valence-corrected chi connectivity index (χ3v) is 6.16. The van der Waals surface area contributed by atoms with Crippen molar-refractivity contribution >= 4 is 46.8 Å². The van der Waals surface area contributed by atoms with Crippen molar-refractivity contribution in [1.29, 1.82) is 0 Å². The van der Waals surface area contributed by atoms with Crippen LogP contribution in [0.15, 0.2) is 42.5 Å². The topological polar surface area (TPSA) is 49.4 Å². The zero-order chi connectivity index (χ0) is 21.4. The van der Waals surface area contributed by atoms with Crippen molar-refractivity contribution in [3.8, 4) is 0 Å². The van der Waals surface area contributed by atoms with Crippen LogP contribution in [0, 0.1) is 6.92 Å². The number of halogens is 2. The van der Waals surface area contributed by atoms with Crippen LogP contribution < -0.4 is 5.32 Å². The number of hydrogen-bond donors (Lipinski definition) is 1. The van der Waals surface area contributed by atoms with Gasteiger partial charge in [0.1, 0.15) is 6.04 Å². The number of carbonyl (C=O) groups is 2. The molecule has 2 aromatic carbocycles. The van der Waals surface area contributed by atoms with Crippen molar-refractivity contribution in [1.82, 2.24) is 10.2 Å². The quantitative estimate of drug-likeness (QED) is 0.576. The first-order valence-electron chi connectivity index (χ1n) is 9.44. The molecule has 7 heteroatoms. The number of thioether (sulfide) groups is 1. The van der Waals surface area contributed by atoms with Crippen LogP contribution in [0.3, 0.4) is 0 Å². The normalized spacial score (nSPS) is 11.8. The van der Waals surface area contributed by atoms with E-state index in [1.54, 1.807) is 24.1 Å². The van der Waals surface area contributed by atoms with Crippen LogP contribution in [0.1, 0.15) is 30.0 Å². The standard InChI is InChI=1S/C22H26Cl2N2O2S/c1-4-20(22(28)25-3)26(12-16-7-5-15(2)6-8-16)21(27)14-29-13-17-9-10-18(23)11-19(17)24/h5-11,20H,4,12-14H2,1-3H3,(H,25,28). The molecule has 0 aromatic heterocycles. The Kier molecular flexibility index (Phi) is 9.34. The number of likely N-dealkylation sites (N-methyl/N-ethyl adjacent to an activating group) is 1. The Hall–Kier alpha value is -1.69. The summed E-state index contributed by atoms with van der Waals surface area (Å²) in [6.07, 6.45) is 0.547. The van der Waals surface area contributed by atoms with Gasteiger partial charge in [0.15, 0.2) is 0 Å². The monoisotopic (exact) mass is 452 g/mol. The zero-order valence-electron chi connectivity index (χ0n) is 16.9. The van der Waals surface area contributed by atoms with Gasteiger partial charge in [-0.25, -0.2) is 0 Å². The number of benzene rings is 2. The van der Waals surface area contributed by atoms with Crippen molar-refractivity contribution < 1.29 is 9.59 Å². The number of rotatable bonds is 9. The van der Waals surface area contributed by atoms with Gasteiger partial charge in [0.25, 0.3) is 0 Å². The lowest BCUT2D eigenvalue weighted by Crippen LogP contribution is -2.48. The highest BCUT2D eigenvalue weighted by molar-refractivity contribution is 7.99. The third kappa shape index (κ3) is 6.95. The van der Waals surface area contributed by atoms with E-state index in [1.807, 2.05) is 44.2 Å². The Morgan fingerprint density at radius 3 is 2.41 bits per heavy atom. The molecule has 1 unspecified atom stereocenters. The van der Waals surface area contributed by atoms with Crippen LogP contribution in [0.25, 0.3) is 0 Å². The molecule has 0 spiro atoms. The lowest BCUT2D eigenvalue weighted by molar-refractivity contribution is -0.139. The molecule has 2 amide bonds. The maximum absolute atomic E-state index is 13.0. The van der Waals surface area contributed by atoms with Crippen molar-refractivity contribution in [3.05, 3.63) is 69.2 Å². The summed E-state index contributed by atoms with van der Waals surface area (Å²) >= 11 is 13.6. The summed E-state index contributed by atoms with van der Waals surface area (Å²) in [4.78, 5) is 27.1. The van der Waals surface area contributed by atoms with Gasteiger partial charge in [-0.2, -0.15) is 0 Å². The van der Waals surface area contributed by atoms with Crippen LogP contribution >= 0.6 is 35.0 Å². The fourth-order valence-corrected chi connectivity index (χ4v) is 4.41. The van der Waals surface area contributed by atoms with Crippen molar-refractivity contribution in [2.24, 2.45) is 0 Å². The van der Waals surface area contributed by atoms with E-state index in [2.05, 4.69) is 5.32 Å². The van der Waals surface area contributed by atoms with Gasteiger partial charge in [-0.15, -0.1) is 11.8 Å². The fraction of sp³-hybridized carbons (Fsp3) is 0.364. The number of nitrogens with zero attached hydrogens (tertiary/aromatic N) is 1. The molecule has 0 saturated heterocycles. The molecule has 2 aromatic rings. The van der Waals surface area contributed by atoms with E-state index in [1.165, 1.54) is 11.8 Å². The highest BCUT2D eigenvalue weighted by atomic mass is 35.5. The molecule has 29 heavy (non-hydrogen) atoms. The van der Waals surface area contributed by atoms with Gasteiger partial charge < -0.3 is 10.2 Å². The van der Waals surface area contributed by atoms with Gasteiger partial charge in [-0.1, -0.05) is 66.0 Å². The number of hydrogen-bond acceptors (Lipinski definition) is 3. The maximum Gasteiger partial charge on any atom is 0.242 e. The van der Waals surface area contributed by atoms with Gasteiger partial charge in [-0.05, 0) is 36.6 Å². The number of nitrogens with one attached hydrogen (secondary N) is 1. The Bertz CT molecular complexity index is 843. The molecule has 4 nitrogen and oxygen atoms in total. The van der Waals surface area contributed by atoms with Crippen LogP contribution in [-0.4, -0.2) is 35.6 Å². The highest BCUT2D eigenvalue weighted by Crippen LogP contribution is 2.25. The molecular weight excluding hydrogens is 427 g/mol. The first-order valence-corrected chi connectivity index (χ1v) is 11.3. The average molecular weight is 453 g/mol. The smallest absolute Gasteiger partial charge is 0.242 e. The second kappa shape index (κ2) is 11.5. The molecule has 1 atom stereocenters. The molecule has 0 aliphatic heterocycles. The summed E-state index contributed by atoms with van der Waals surface area (Å²) in [6.45, 7) is 4.33. The zero-order valence-corrected chi connectivity index (χ0v) is 19.2. The van der Waals surface area contributed by atoms with E-state index in [4.69, 9.17) is 23.2 Å². The molecule has 0 fully saturated rings. The van der Waals surface area contributed by atoms with Crippen molar-refractivity contribution in [3.63, 3.8) is 0 Å². The summed E-state index contributed by atoms with van der Waals surface area (Å²) in [6, 6.07) is 12.8. The third-order valence-electron chi connectivity index (χ3n) is 4.60. The van der Waals surface area contributed by atoms with E-state index in [-0.39, 0.29) is 17.6 Å². The predicted octanol–water partition coefficient (Wildman–Crippen LogP) is 5.09. The van der Waals surface area contributed by atoms with Gasteiger partial charge in [0.2, 0.25) is 11.8 Å². The molecule has 1 N–H and O–H groups in total. The maximum atomic E-state index is 13.0. The minimum atomic E-state index is -0.506. The van der Waals surface area contributed by atoms with Crippen LogP contribution in [-0.2, 0) is 21.9 Å². The first kappa shape index (κ1) is 23.6. The van der Waals surface area contributed by atoms with Gasteiger partial charge >= 0.3 is 0 Å². The molecule has 0 radical (unpaired) electrons. The van der Waals surface area contributed by atoms with Gasteiger partial charge in [-0.3, -0.25) is 9.59 Å². The predicted molar refractivity (Wildman–Crippen MR) is 122 cm³/mol. The van der Waals surface area contributed by atoms with E-state index >= 15 is 0 Å². The van der Waals surface area contributed by atoms with Crippen molar-refractivity contribution in [2.45, 2.75) is 38.6 Å². The highest BCUT2D eigenvalue weighted by Gasteiger charge is 2.27. The van der Waals surface area contributed by atoms with E-state index < -0.39 is 6.04 Å². The summed E-state index contributed by atoms with van der Waals surface area (Å²) < 4.78 is 0. The van der Waals surface area contributed by atoms with Crippen molar-refractivity contribution in [2.75, 3.05) is 12.8 Å². The lowest BCUT2D eigenvalue weighted by atomic mass is 10.1. The van der Waals surface area contributed by atoms with Crippen LogP contribution in [0.4, 0.5) is 0 Å². The van der Waals surface area contributed by atoms with E-state index in [9.17, 15) is 9.59 Å². The molecule has 0 heterocycles. The second-order valence-corrected chi connectivity index (χ2v) is 8.60. The minimum Gasteiger partial charge on any atom is -0.357 e. The average Bonchev–Trinajstić information content (AvgIpc) is 2.70. The number of carbonyl (C=O) groups excluding carboxylic acids is 2. The fourth-order valence-electron chi connectivity index (χ4n) is 2.95. The first-order chi connectivity index (χ1) is 13.8. The van der Waals surface area contributed by atoms with Gasteiger partial charge in [0.05, 0.1) is 5.75 Å². The largest absolute Gasteiger partial charge is 0.357 e. The number of amides is 2.